The summed E-state index contributed by atoms with van der Waals surface area (Å²) in [7, 11) is 0. The van der Waals surface area contributed by atoms with E-state index in [4.69, 9.17) is 0 Å². The minimum absolute atomic E-state index is 1.20. The molecule has 0 spiro atoms. The van der Waals surface area contributed by atoms with Gasteiger partial charge >= 0.3 is 0 Å². The summed E-state index contributed by atoms with van der Waals surface area (Å²) in [4.78, 5) is 2.53. The third-order valence-corrected chi connectivity index (χ3v) is 2.93. The molecule has 1 aromatic rings. The summed E-state index contributed by atoms with van der Waals surface area (Å²) in [5, 5.41) is 0. The van der Waals surface area contributed by atoms with Crippen LogP contribution in [0.1, 0.15) is 46.0 Å². The predicted molar refractivity (Wildman–Crippen MR) is 73.1 cm³/mol. The van der Waals surface area contributed by atoms with Gasteiger partial charge in [0.25, 0.3) is 0 Å². The minimum Gasteiger partial charge on any atom is -0.372 e. The first kappa shape index (κ1) is 13.1. The molecule has 1 nitrogen and oxygen atoms in total. The third-order valence-electron chi connectivity index (χ3n) is 2.93. The molecule has 0 amide bonds. The topological polar surface area (TPSA) is 3.24 Å². The summed E-state index contributed by atoms with van der Waals surface area (Å²) in [6.45, 7) is 6.93. The highest BCUT2D eigenvalue weighted by Crippen LogP contribution is 2.15. The highest BCUT2D eigenvalue weighted by Gasteiger charge is 2.04. The monoisotopic (exact) mass is 219 g/mol. The Labute approximate surface area is 100 Å². The lowest BCUT2D eigenvalue weighted by atomic mass is 10.2. The molecule has 1 aromatic carbocycles. The van der Waals surface area contributed by atoms with Crippen LogP contribution in [0.15, 0.2) is 30.3 Å². The van der Waals surface area contributed by atoms with Gasteiger partial charge in [0.15, 0.2) is 0 Å². The zero-order valence-corrected chi connectivity index (χ0v) is 10.8. The Hall–Kier alpha value is -0.980. The first-order valence-electron chi connectivity index (χ1n) is 6.68. The van der Waals surface area contributed by atoms with Crippen LogP contribution < -0.4 is 4.90 Å². The van der Waals surface area contributed by atoms with Crippen LogP contribution in [0.2, 0.25) is 0 Å². The molecule has 0 aliphatic rings. The molecule has 0 fully saturated rings. The molecule has 0 saturated heterocycles. The molecule has 1 rings (SSSR count). The van der Waals surface area contributed by atoms with Crippen molar-refractivity contribution in [1.29, 1.82) is 0 Å². The van der Waals surface area contributed by atoms with E-state index in [0.717, 1.165) is 0 Å². The fourth-order valence-electron chi connectivity index (χ4n) is 1.91. The van der Waals surface area contributed by atoms with Gasteiger partial charge in [0.2, 0.25) is 0 Å². The Morgan fingerprint density at radius 3 is 2.06 bits per heavy atom. The van der Waals surface area contributed by atoms with Crippen LogP contribution in [0.3, 0.4) is 0 Å². The highest BCUT2D eigenvalue weighted by atomic mass is 15.1. The molecule has 0 heterocycles. The maximum absolute atomic E-state index is 2.53. The van der Waals surface area contributed by atoms with Gasteiger partial charge < -0.3 is 4.90 Å². The Kier molecular flexibility index (Phi) is 6.71. The van der Waals surface area contributed by atoms with Crippen molar-refractivity contribution in [2.75, 3.05) is 18.0 Å². The van der Waals surface area contributed by atoms with E-state index < -0.39 is 0 Å². The summed E-state index contributed by atoms with van der Waals surface area (Å²) in [6, 6.07) is 10.8. The summed E-state index contributed by atoms with van der Waals surface area (Å²) in [5.74, 6) is 0. The molecule has 1 heteroatoms. The van der Waals surface area contributed by atoms with Crippen molar-refractivity contribution in [2.24, 2.45) is 0 Å². The molecule has 90 valence electrons. The van der Waals surface area contributed by atoms with Gasteiger partial charge in [-0.15, -0.1) is 0 Å². The second-order valence-corrected chi connectivity index (χ2v) is 4.38. The zero-order chi connectivity index (χ0) is 11.6. The second kappa shape index (κ2) is 8.20. The van der Waals surface area contributed by atoms with Gasteiger partial charge in [0, 0.05) is 18.8 Å². The van der Waals surface area contributed by atoms with Crippen molar-refractivity contribution in [2.45, 2.75) is 46.0 Å². The normalized spacial score (nSPS) is 10.4. The molecular formula is C15H25N. The van der Waals surface area contributed by atoms with Crippen LogP contribution in [0, 0.1) is 0 Å². The standard InChI is InChI=1S/C15H25N/c1-3-5-10-14-16(13-6-4-2)15-11-8-7-9-12-15/h7-9,11-12H,3-6,10,13-14H2,1-2H3. The highest BCUT2D eigenvalue weighted by molar-refractivity contribution is 5.45. The Morgan fingerprint density at radius 1 is 0.812 bits per heavy atom. The molecule has 0 unspecified atom stereocenters. The van der Waals surface area contributed by atoms with Crippen molar-refractivity contribution < 1.29 is 0 Å². The van der Waals surface area contributed by atoms with Gasteiger partial charge in [0.1, 0.15) is 0 Å². The maximum atomic E-state index is 2.53. The van der Waals surface area contributed by atoms with Gasteiger partial charge in [-0.05, 0) is 25.0 Å². The number of benzene rings is 1. The lowest BCUT2D eigenvalue weighted by Gasteiger charge is -2.24. The number of anilines is 1. The molecule has 0 saturated carbocycles. The lowest BCUT2D eigenvalue weighted by Crippen LogP contribution is -2.25. The number of unbranched alkanes of at least 4 members (excludes halogenated alkanes) is 3. The van der Waals surface area contributed by atoms with E-state index in [1.54, 1.807) is 0 Å². The number of rotatable bonds is 8. The van der Waals surface area contributed by atoms with Crippen LogP contribution in [0.4, 0.5) is 5.69 Å². The maximum Gasteiger partial charge on any atom is 0.0366 e. The SMILES string of the molecule is CCCCCN(CCCC)c1ccccc1. The summed E-state index contributed by atoms with van der Waals surface area (Å²) in [5.41, 5.74) is 1.38. The molecule has 0 aliphatic carbocycles. The van der Waals surface area contributed by atoms with Crippen LogP contribution in [-0.4, -0.2) is 13.1 Å². The Balaban J connectivity index is 2.49. The van der Waals surface area contributed by atoms with E-state index in [2.05, 4.69) is 49.1 Å². The first-order chi connectivity index (χ1) is 7.88. The average Bonchev–Trinajstić information content (AvgIpc) is 2.35. The fourth-order valence-corrected chi connectivity index (χ4v) is 1.91. The van der Waals surface area contributed by atoms with E-state index in [1.165, 1.54) is 50.9 Å². The summed E-state index contributed by atoms with van der Waals surface area (Å²) < 4.78 is 0. The van der Waals surface area contributed by atoms with Crippen molar-refractivity contribution in [3.8, 4) is 0 Å². The molecule has 0 atom stereocenters. The summed E-state index contributed by atoms with van der Waals surface area (Å²) in [6.07, 6.45) is 6.53. The van der Waals surface area contributed by atoms with Crippen LogP contribution in [0.5, 0.6) is 0 Å². The molecule has 16 heavy (non-hydrogen) atoms. The largest absolute Gasteiger partial charge is 0.372 e. The van der Waals surface area contributed by atoms with Gasteiger partial charge in [0.05, 0.1) is 0 Å². The summed E-state index contributed by atoms with van der Waals surface area (Å²) >= 11 is 0. The molecule has 0 aliphatic heterocycles. The average molecular weight is 219 g/mol. The number of para-hydroxylation sites is 1. The number of hydrogen-bond acceptors (Lipinski definition) is 1. The van der Waals surface area contributed by atoms with E-state index in [1.807, 2.05) is 0 Å². The van der Waals surface area contributed by atoms with Crippen molar-refractivity contribution in [3.63, 3.8) is 0 Å². The minimum atomic E-state index is 1.20. The zero-order valence-electron chi connectivity index (χ0n) is 10.8. The Morgan fingerprint density at radius 2 is 1.44 bits per heavy atom. The van der Waals surface area contributed by atoms with Crippen molar-refractivity contribution in [3.05, 3.63) is 30.3 Å². The molecule has 0 radical (unpaired) electrons. The van der Waals surface area contributed by atoms with E-state index in [0.29, 0.717) is 0 Å². The van der Waals surface area contributed by atoms with Gasteiger partial charge in [-0.1, -0.05) is 51.3 Å². The molecule has 0 bridgehead atoms. The van der Waals surface area contributed by atoms with E-state index in [9.17, 15) is 0 Å². The molecular weight excluding hydrogens is 194 g/mol. The van der Waals surface area contributed by atoms with Crippen molar-refractivity contribution >= 4 is 5.69 Å². The third kappa shape index (κ3) is 4.69. The van der Waals surface area contributed by atoms with Crippen molar-refractivity contribution in [1.82, 2.24) is 0 Å². The second-order valence-electron chi connectivity index (χ2n) is 4.38. The van der Waals surface area contributed by atoms with Crippen LogP contribution in [-0.2, 0) is 0 Å². The molecule has 0 aromatic heterocycles. The van der Waals surface area contributed by atoms with Crippen LogP contribution >= 0.6 is 0 Å². The van der Waals surface area contributed by atoms with E-state index in [-0.39, 0.29) is 0 Å². The van der Waals surface area contributed by atoms with Crippen LogP contribution in [0.25, 0.3) is 0 Å². The smallest absolute Gasteiger partial charge is 0.0366 e. The quantitative estimate of drug-likeness (QED) is 0.582. The fraction of sp³-hybridized carbons (Fsp3) is 0.600. The number of nitrogens with zero attached hydrogens (tertiary/aromatic N) is 1. The first-order valence-corrected chi connectivity index (χ1v) is 6.68. The Bertz CT molecular complexity index is 255. The van der Waals surface area contributed by atoms with Gasteiger partial charge in [-0.3, -0.25) is 0 Å². The van der Waals surface area contributed by atoms with E-state index >= 15 is 0 Å². The van der Waals surface area contributed by atoms with Gasteiger partial charge in [-0.2, -0.15) is 0 Å². The molecule has 0 N–H and O–H groups in total. The predicted octanol–water partition coefficient (Wildman–Crippen LogP) is 4.48. The number of hydrogen-bond donors (Lipinski definition) is 0. The van der Waals surface area contributed by atoms with Gasteiger partial charge in [-0.25, -0.2) is 0 Å². The lowest BCUT2D eigenvalue weighted by molar-refractivity contribution is 0.653.